The topological polar surface area (TPSA) is 67.9 Å². The quantitative estimate of drug-likeness (QED) is 0.262. The minimum atomic E-state index is 0.381. The minimum Gasteiger partial charge on any atom is -0.497 e. The highest BCUT2D eigenvalue weighted by atomic mass is 32.2. The van der Waals surface area contributed by atoms with Crippen LogP contribution in [0.4, 0.5) is 0 Å². The van der Waals surface area contributed by atoms with E-state index in [0.29, 0.717) is 11.8 Å². The van der Waals surface area contributed by atoms with Crippen molar-refractivity contribution in [3.8, 4) is 16.9 Å². The first-order chi connectivity index (χ1) is 15.8. The predicted molar refractivity (Wildman–Crippen MR) is 144 cm³/mol. The molecule has 0 fully saturated rings. The van der Waals surface area contributed by atoms with Crippen molar-refractivity contribution in [1.82, 2.24) is 4.90 Å². The third kappa shape index (κ3) is 11.9. The van der Waals surface area contributed by atoms with Crippen LogP contribution in [0.15, 0.2) is 65.8 Å². The van der Waals surface area contributed by atoms with E-state index < -0.39 is 0 Å². The highest BCUT2D eigenvalue weighted by molar-refractivity contribution is 8.14. The van der Waals surface area contributed by atoms with Crippen LogP contribution in [0.1, 0.15) is 38.7 Å². The number of allylic oxidation sites excluding steroid dienone is 1. The summed E-state index contributed by atoms with van der Waals surface area (Å²) in [5, 5.41) is 0.811. The van der Waals surface area contributed by atoms with Crippen molar-refractivity contribution in [1.29, 1.82) is 0 Å². The van der Waals surface area contributed by atoms with Gasteiger partial charge in [0.1, 0.15) is 17.1 Å². The molecule has 0 radical (unpaired) electrons. The Hall–Kier alpha value is -2.41. The van der Waals surface area contributed by atoms with Crippen LogP contribution in [0, 0.1) is 0 Å². The van der Waals surface area contributed by atoms with Crippen LogP contribution >= 0.6 is 11.8 Å². The van der Waals surface area contributed by atoms with Crippen molar-refractivity contribution in [2.75, 3.05) is 33.5 Å². The lowest BCUT2D eigenvalue weighted by Crippen LogP contribution is -2.21. The molecule has 0 heterocycles. The summed E-state index contributed by atoms with van der Waals surface area (Å²) < 4.78 is 5.17. The first-order valence-corrected chi connectivity index (χ1v) is 12.2. The van der Waals surface area contributed by atoms with Crippen LogP contribution in [0.3, 0.4) is 0 Å². The molecule has 0 aliphatic rings. The van der Waals surface area contributed by atoms with Gasteiger partial charge < -0.3 is 20.2 Å². The minimum absolute atomic E-state index is 0.381. The molecule has 1 unspecified atom stereocenters. The lowest BCUT2D eigenvalue weighted by molar-refractivity contribution is -0.105. The number of aldehydes is 1. The zero-order valence-electron chi connectivity index (χ0n) is 20.7. The largest absolute Gasteiger partial charge is 0.497 e. The maximum absolute atomic E-state index is 10.6. The van der Waals surface area contributed by atoms with Gasteiger partial charge in [-0.2, -0.15) is 0 Å². The number of benzene rings is 2. The van der Waals surface area contributed by atoms with Gasteiger partial charge in [-0.15, -0.1) is 0 Å². The van der Waals surface area contributed by atoms with Crippen molar-refractivity contribution < 1.29 is 9.53 Å². The van der Waals surface area contributed by atoms with Crippen LogP contribution in [0.5, 0.6) is 5.75 Å². The van der Waals surface area contributed by atoms with Crippen LogP contribution in [-0.2, 0) is 4.79 Å². The van der Waals surface area contributed by atoms with E-state index in [4.69, 9.17) is 10.5 Å². The van der Waals surface area contributed by atoms with Crippen molar-refractivity contribution in [3.05, 3.63) is 66.4 Å². The number of ether oxygens (including phenoxy) is 1. The average molecular weight is 470 g/mol. The summed E-state index contributed by atoms with van der Waals surface area (Å²) >= 11 is 1.41. The maximum Gasteiger partial charge on any atom is 0.130 e. The summed E-state index contributed by atoms with van der Waals surface area (Å²) in [5.41, 5.74) is 9.68. The molecule has 0 amide bonds. The number of methoxy groups -OCH3 is 1. The van der Waals surface area contributed by atoms with Crippen molar-refractivity contribution >= 4 is 23.1 Å². The fraction of sp³-hybridized carbons (Fsp3) is 0.407. The number of hydrogen-bond acceptors (Lipinski definition) is 6. The maximum atomic E-state index is 10.6. The van der Waals surface area contributed by atoms with E-state index in [1.54, 1.807) is 7.11 Å². The molecular weight excluding hydrogens is 430 g/mol. The Labute approximate surface area is 204 Å². The number of hydrogen-bond donors (Lipinski definition) is 1. The van der Waals surface area contributed by atoms with E-state index >= 15 is 0 Å². The average Bonchev–Trinajstić information content (AvgIpc) is 2.81. The van der Waals surface area contributed by atoms with Crippen LogP contribution in [0.2, 0.25) is 0 Å². The van der Waals surface area contributed by atoms with E-state index in [1.807, 2.05) is 55.5 Å². The summed E-state index contributed by atoms with van der Waals surface area (Å²) in [6.07, 6.45) is 4.37. The standard InChI is InChI=1S/C19H19NO2S.C8H20N2/c1-14(2)20-19(23-13-12-21)17-6-4-15(5-7-17)16-8-10-18(22-3)11-9-16;1-4-8(9)6-5-7-10(2)3/h4-12H,1,13H2,2-3H3;8H,4-7,9H2,1-3H3. The van der Waals surface area contributed by atoms with Crippen molar-refractivity contribution in [3.63, 3.8) is 0 Å². The Balaban J connectivity index is 0.000000461. The summed E-state index contributed by atoms with van der Waals surface area (Å²) in [4.78, 5) is 17.2. The monoisotopic (exact) mass is 469 g/mol. The Morgan fingerprint density at radius 1 is 1.15 bits per heavy atom. The molecule has 2 rings (SSSR count). The summed E-state index contributed by atoms with van der Waals surface area (Å²) in [6, 6.07) is 16.5. The summed E-state index contributed by atoms with van der Waals surface area (Å²) in [7, 11) is 5.85. The van der Waals surface area contributed by atoms with Gasteiger partial charge in [0.05, 0.1) is 12.9 Å². The normalized spacial score (nSPS) is 12.0. The third-order valence-electron chi connectivity index (χ3n) is 4.84. The lowest BCUT2D eigenvalue weighted by Gasteiger charge is -2.11. The van der Waals surface area contributed by atoms with Gasteiger partial charge in [0.15, 0.2) is 0 Å². The molecule has 6 heteroatoms. The molecule has 33 heavy (non-hydrogen) atoms. The van der Waals surface area contributed by atoms with E-state index in [9.17, 15) is 4.79 Å². The molecule has 180 valence electrons. The van der Waals surface area contributed by atoms with E-state index in [-0.39, 0.29) is 0 Å². The number of carbonyl (C=O) groups is 1. The molecule has 0 bridgehead atoms. The van der Waals surface area contributed by atoms with Gasteiger partial charge in [-0.1, -0.05) is 61.7 Å². The highest BCUT2D eigenvalue weighted by Crippen LogP contribution is 2.24. The molecular formula is C27H39N3O2S. The highest BCUT2D eigenvalue weighted by Gasteiger charge is 2.06. The second kappa shape index (κ2) is 16.2. The fourth-order valence-electron chi connectivity index (χ4n) is 2.93. The third-order valence-corrected chi connectivity index (χ3v) is 5.74. The molecule has 0 aliphatic carbocycles. The number of aliphatic imine (C=N–C) groups is 1. The zero-order valence-corrected chi connectivity index (χ0v) is 21.5. The van der Waals surface area contributed by atoms with E-state index in [2.05, 4.69) is 37.5 Å². The molecule has 5 nitrogen and oxygen atoms in total. The van der Waals surface area contributed by atoms with Crippen LogP contribution < -0.4 is 10.5 Å². The molecule has 0 spiro atoms. The van der Waals surface area contributed by atoms with Gasteiger partial charge in [0, 0.05) is 17.3 Å². The molecule has 1 atom stereocenters. The van der Waals surface area contributed by atoms with Gasteiger partial charge in [0.2, 0.25) is 0 Å². The van der Waals surface area contributed by atoms with Gasteiger partial charge in [-0.3, -0.25) is 0 Å². The molecule has 2 aromatic carbocycles. The zero-order chi connectivity index (χ0) is 24.6. The van der Waals surface area contributed by atoms with Crippen molar-refractivity contribution in [2.45, 2.75) is 39.2 Å². The van der Waals surface area contributed by atoms with Crippen LogP contribution in [0.25, 0.3) is 11.1 Å². The number of rotatable bonds is 11. The van der Waals surface area contributed by atoms with E-state index in [0.717, 1.165) is 58.9 Å². The summed E-state index contributed by atoms with van der Waals surface area (Å²) in [5.74, 6) is 1.22. The molecule has 2 N–H and O–H groups in total. The Morgan fingerprint density at radius 2 is 1.73 bits per heavy atom. The molecule has 0 saturated carbocycles. The fourth-order valence-corrected chi connectivity index (χ4v) is 3.68. The smallest absolute Gasteiger partial charge is 0.130 e. The summed E-state index contributed by atoms with van der Waals surface area (Å²) in [6.45, 7) is 8.95. The molecule has 0 saturated heterocycles. The molecule has 2 aromatic rings. The van der Waals surface area contributed by atoms with Crippen LogP contribution in [-0.4, -0.2) is 55.8 Å². The lowest BCUT2D eigenvalue weighted by atomic mass is 10.0. The second-order valence-electron chi connectivity index (χ2n) is 8.05. The van der Waals surface area contributed by atoms with Crippen molar-refractivity contribution in [2.24, 2.45) is 10.7 Å². The number of thioether (sulfide) groups is 1. The predicted octanol–water partition coefficient (Wildman–Crippen LogP) is 5.64. The second-order valence-corrected chi connectivity index (χ2v) is 9.06. The van der Waals surface area contributed by atoms with Gasteiger partial charge in [0.25, 0.3) is 0 Å². The molecule has 0 aliphatic heterocycles. The first-order valence-electron chi connectivity index (χ1n) is 11.3. The van der Waals surface area contributed by atoms with E-state index in [1.165, 1.54) is 18.2 Å². The molecule has 0 aromatic heterocycles. The SMILES string of the molecule is C=C(C)N=C(SCC=O)c1ccc(-c2ccc(OC)cc2)cc1.CCC(N)CCCN(C)C. The van der Waals surface area contributed by atoms with Gasteiger partial charge >= 0.3 is 0 Å². The number of carbonyl (C=O) groups excluding carboxylic acids is 1. The number of nitrogens with two attached hydrogens (primary N) is 1. The number of nitrogens with zero attached hydrogens (tertiary/aromatic N) is 2. The Morgan fingerprint density at radius 3 is 2.18 bits per heavy atom. The van der Waals surface area contributed by atoms with Gasteiger partial charge in [-0.05, 0) is 70.1 Å². The van der Waals surface area contributed by atoms with Gasteiger partial charge in [-0.25, -0.2) is 4.99 Å². The Bertz CT molecular complexity index is 862. The Kier molecular flexibility index (Phi) is 14.1. The first kappa shape index (κ1) is 28.6.